The molecular formula is C22H25ClN8O2. The van der Waals surface area contributed by atoms with E-state index in [2.05, 4.69) is 41.2 Å². The van der Waals surface area contributed by atoms with E-state index >= 15 is 0 Å². The van der Waals surface area contributed by atoms with Crippen LogP contribution in [0.25, 0.3) is 11.4 Å². The van der Waals surface area contributed by atoms with Crippen LogP contribution in [-0.2, 0) is 4.79 Å². The summed E-state index contributed by atoms with van der Waals surface area (Å²) >= 11 is 5.99. The number of benzene rings is 1. The van der Waals surface area contributed by atoms with Crippen LogP contribution in [0.3, 0.4) is 0 Å². The molecule has 0 spiro atoms. The zero-order valence-corrected chi connectivity index (χ0v) is 19.1. The van der Waals surface area contributed by atoms with Crippen molar-refractivity contribution in [2.24, 2.45) is 0 Å². The molecule has 0 unspecified atom stereocenters. The maximum atomic E-state index is 12.2. The lowest BCUT2D eigenvalue weighted by atomic mass is 10.2. The van der Waals surface area contributed by atoms with Crippen molar-refractivity contribution in [3.63, 3.8) is 0 Å². The van der Waals surface area contributed by atoms with Crippen molar-refractivity contribution in [3.05, 3.63) is 59.1 Å². The van der Waals surface area contributed by atoms with E-state index in [9.17, 15) is 9.59 Å². The van der Waals surface area contributed by atoms with Gasteiger partial charge in [0.15, 0.2) is 5.82 Å². The quantitative estimate of drug-likeness (QED) is 0.333. The number of amides is 2. The van der Waals surface area contributed by atoms with Crippen LogP contribution in [0.4, 0.5) is 11.6 Å². The third-order valence-electron chi connectivity index (χ3n) is 4.36. The van der Waals surface area contributed by atoms with E-state index in [1.165, 1.54) is 13.1 Å². The molecule has 3 aromatic rings. The molecule has 0 aliphatic rings. The number of hydrogen-bond acceptors (Lipinski definition) is 8. The zero-order chi connectivity index (χ0) is 23.6. The first-order valence-electron chi connectivity index (χ1n) is 10.3. The lowest BCUT2D eigenvalue weighted by Gasteiger charge is -2.12. The maximum absolute atomic E-state index is 12.2. The smallest absolute Gasteiger partial charge is 0.271 e. The Morgan fingerprint density at radius 3 is 2.09 bits per heavy atom. The third kappa shape index (κ3) is 7.69. The first-order chi connectivity index (χ1) is 15.9. The first kappa shape index (κ1) is 23.9. The molecular weight excluding hydrogens is 444 g/mol. The Hall–Kier alpha value is -3.79. The van der Waals surface area contributed by atoms with Crippen LogP contribution in [-0.4, -0.2) is 57.9 Å². The van der Waals surface area contributed by atoms with Gasteiger partial charge in [0, 0.05) is 56.0 Å². The normalized spacial score (nSPS) is 10.4. The summed E-state index contributed by atoms with van der Waals surface area (Å²) in [6, 6.07) is 8.98. The molecule has 3 rings (SSSR count). The number of aryl methyl sites for hydroxylation is 1. The van der Waals surface area contributed by atoms with Gasteiger partial charge in [-0.1, -0.05) is 11.6 Å². The van der Waals surface area contributed by atoms with Crippen molar-refractivity contribution in [3.8, 4) is 11.4 Å². The fourth-order valence-electron chi connectivity index (χ4n) is 2.75. The third-order valence-corrected chi connectivity index (χ3v) is 4.62. The monoisotopic (exact) mass is 468 g/mol. The van der Waals surface area contributed by atoms with E-state index in [0.717, 1.165) is 11.3 Å². The fraction of sp³-hybridized carbons (Fsp3) is 0.273. The zero-order valence-electron chi connectivity index (χ0n) is 18.4. The van der Waals surface area contributed by atoms with Crippen LogP contribution < -0.4 is 21.3 Å². The second kappa shape index (κ2) is 11.7. The number of carbonyl (C=O) groups excluding carboxylic acids is 2. The Kier molecular flexibility index (Phi) is 8.48. The molecule has 4 N–H and O–H groups in total. The van der Waals surface area contributed by atoms with Gasteiger partial charge >= 0.3 is 0 Å². The van der Waals surface area contributed by atoms with Gasteiger partial charge in [-0.2, -0.15) is 0 Å². The van der Waals surface area contributed by atoms with Crippen LogP contribution in [0.1, 0.15) is 23.1 Å². The summed E-state index contributed by atoms with van der Waals surface area (Å²) in [4.78, 5) is 40.5. The summed E-state index contributed by atoms with van der Waals surface area (Å²) in [6.45, 7) is 5.04. The van der Waals surface area contributed by atoms with Gasteiger partial charge in [0.05, 0.1) is 11.9 Å². The molecule has 0 atom stereocenters. The summed E-state index contributed by atoms with van der Waals surface area (Å²) in [6.07, 6.45) is 2.99. The van der Waals surface area contributed by atoms with Crippen molar-refractivity contribution in [1.82, 2.24) is 30.6 Å². The van der Waals surface area contributed by atoms with Gasteiger partial charge in [0.2, 0.25) is 5.91 Å². The summed E-state index contributed by atoms with van der Waals surface area (Å²) < 4.78 is 0. The summed E-state index contributed by atoms with van der Waals surface area (Å²) in [5, 5.41) is 12.5. The van der Waals surface area contributed by atoms with E-state index in [1.807, 2.05) is 19.1 Å². The van der Waals surface area contributed by atoms with Crippen molar-refractivity contribution in [2.75, 3.05) is 36.8 Å². The average Bonchev–Trinajstić information content (AvgIpc) is 2.80. The predicted molar refractivity (Wildman–Crippen MR) is 127 cm³/mol. The number of rotatable bonds is 10. The molecule has 11 heteroatoms. The highest BCUT2D eigenvalue weighted by atomic mass is 35.5. The molecule has 0 bridgehead atoms. The average molecular weight is 469 g/mol. The lowest BCUT2D eigenvalue weighted by molar-refractivity contribution is -0.118. The van der Waals surface area contributed by atoms with Crippen LogP contribution in [0, 0.1) is 6.92 Å². The number of nitrogens with zero attached hydrogens (tertiary/aromatic N) is 4. The van der Waals surface area contributed by atoms with E-state index in [1.54, 1.807) is 24.4 Å². The molecule has 172 valence electrons. The number of halogens is 1. The largest absolute Gasteiger partial charge is 0.368 e. The Labute approximate surface area is 196 Å². The number of anilines is 2. The first-order valence-corrected chi connectivity index (χ1v) is 10.7. The van der Waals surface area contributed by atoms with Gasteiger partial charge in [-0.15, -0.1) is 0 Å². The standard InChI is InChI=1S/C22H25ClN8O2/c1-14-12-29-18(13-28-14)22(33)27-10-9-26-20-11-19(25-8-7-24-15(2)32)30-21(31-20)16-3-5-17(23)6-4-16/h3-6,11-13H,7-10H2,1-2H3,(H,24,32)(H,27,33)(H2,25,26,30,31). The molecule has 0 aliphatic carbocycles. The van der Waals surface area contributed by atoms with Gasteiger partial charge in [-0.25, -0.2) is 15.0 Å². The Bertz CT molecular complexity index is 1090. The minimum Gasteiger partial charge on any atom is -0.368 e. The van der Waals surface area contributed by atoms with Gasteiger partial charge in [0.1, 0.15) is 17.3 Å². The molecule has 0 saturated heterocycles. The minimum atomic E-state index is -0.297. The predicted octanol–water partition coefficient (Wildman–Crippen LogP) is 2.29. The van der Waals surface area contributed by atoms with Gasteiger partial charge < -0.3 is 21.3 Å². The molecule has 0 radical (unpaired) electrons. The molecule has 2 aromatic heterocycles. The molecule has 0 aliphatic heterocycles. The van der Waals surface area contributed by atoms with E-state index in [-0.39, 0.29) is 17.5 Å². The number of nitrogens with one attached hydrogen (secondary N) is 4. The van der Waals surface area contributed by atoms with Crippen molar-refractivity contribution < 1.29 is 9.59 Å². The molecule has 33 heavy (non-hydrogen) atoms. The van der Waals surface area contributed by atoms with Gasteiger partial charge in [-0.05, 0) is 31.2 Å². The highest BCUT2D eigenvalue weighted by Crippen LogP contribution is 2.22. The number of hydrogen-bond donors (Lipinski definition) is 4. The molecule has 0 saturated carbocycles. The van der Waals surface area contributed by atoms with Gasteiger partial charge in [0.25, 0.3) is 5.91 Å². The van der Waals surface area contributed by atoms with E-state index in [0.29, 0.717) is 48.7 Å². The summed E-state index contributed by atoms with van der Waals surface area (Å²) in [7, 11) is 0. The van der Waals surface area contributed by atoms with Crippen LogP contribution in [0.2, 0.25) is 5.02 Å². The highest BCUT2D eigenvalue weighted by Gasteiger charge is 2.09. The fourth-order valence-corrected chi connectivity index (χ4v) is 2.88. The van der Waals surface area contributed by atoms with E-state index < -0.39 is 0 Å². The molecule has 10 nitrogen and oxygen atoms in total. The number of aromatic nitrogens is 4. The Morgan fingerprint density at radius 1 is 0.879 bits per heavy atom. The summed E-state index contributed by atoms with van der Waals surface area (Å²) in [5.74, 6) is 1.30. The van der Waals surface area contributed by atoms with Crippen LogP contribution in [0.15, 0.2) is 42.7 Å². The SMILES string of the molecule is CC(=O)NCCNc1cc(NCCNC(=O)c2cnc(C)cn2)nc(-c2ccc(Cl)cc2)n1. The van der Waals surface area contributed by atoms with Gasteiger partial charge in [-0.3, -0.25) is 14.6 Å². The molecule has 0 fully saturated rings. The topological polar surface area (TPSA) is 134 Å². The van der Waals surface area contributed by atoms with Crippen molar-refractivity contribution in [2.45, 2.75) is 13.8 Å². The molecule has 1 aromatic carbocycles. The second-order valence-corrected chi connectivity index (χ2v) is 7.54. The summed E-state index contributed by atoms with van der Waals surface area (Å²) in [5.41, 5.74) is 1.81. The maximum Gasteiger partial charge on any atom is 0.271 e. The Morgan fingerprint density at radius 2 is 1.52 bits per heavy atom. The lowest BCUT2D eigenvalue weighted by Crippen LogP contribution is -2.29. The second-order valence-electron chi connectivity index (χ2n) is 7.10. The highest BCUT2D eigenvalue weighted by molar-refractivity contribution is 6.30. The van der Waals surface area contributed by atoms with Crippen molar-refractivity contribution >= 4 is 35.1 Å². The molecule has 2 amide bonds. The van der Waals surface area contributed by atoms with Crippen LogP contribution in [0.5, 0.6) is 0 Å². The van der Waals surface area contributed by atoms with Crippen LogP contribution >= 0.6 is 11.6 Å². The van der Waals surface area contributed by atoms with E-state index in [4.69, 9.17) is 11.6 Å². The minimum absolute atomic E-state index is 0.0950. The Balaban J connectivity index is 1.63. The number of carbonyl (C=O) groups is 2. The molecule has 2 heterocycles. The van der Waals surface area contributed by atoms with Crippen molar-refractivity contribution in [1.29, 1.82) is 0 Å².